The summed E-state index contributed by atoms with van der Waals surface area (Å²) in [4.78, 5) is 34.4. The first-order chi connectivity index (χ1) is 9.42. The quantitative estimate of drug-likeness (QED) is 0.503. The lowest BCUT2D eigenvalue weighted by atomic mass is 10.0. The van der Waals surface area contributed by atoms with E-state index in [9.17, 15) is 19.5 Å². The van der Waals surface area contributed by atoms with E-state index >= 15 is 0 Å². The van der Waals surface area contributed by atoms with Crippen molar-refractivity contribution >= 4 is 17.9 Å². The highest BCUT2D eigenvalue weighted by atomic mass is 16.5. The van der Waals surface area contributed by atoms with Gasteiger partial charge >= 0.3 is 17.9 Å². The lowest BCUT2D eigenvalue weighted by molar-refractivity contribution is -0.129. The molecule has 0 heterocycles. The topological polar surface area (TPSA) is 89.9 Å². The largest absolute Gasteiger partial charge is 0.478 e. The van der Waals surface area contributed by atoms with E-state index in [1.165, 1.54) is 12.1 Å². The van der Waals surface area contributed by atoms with Gasteiger partial charge in [0.25, 0.3) is 0 Å². The number of carboxylic acids is 1. The third kappa shape index (κ3) is 3.23. The van der Waals surface area contributed by atoms with Crippen LogP contribution in [0.3, 0.4) is 0 Å². The molecule has 0 saturated carbocycles. The first kappa shape index (κ1) is 15.4. The Kier molecular flexibility index (Phi) is 5.02. The predicted molar refractivity (Wildman–Crippen MR) is 69.9 cm³/mol. The molecule has 1 N–H and O–H groups in total. The SMILES string of the molecule is C=CC(=O)Oc1c(C)ccc(C(=O)OCC)c1C(=O)O. The van der Waals surface area contributed by atoms with E-state index in [0.717, 1.165) is 6.08 Å². The smallest absolute Gasteiger partial charge is 0.340 e. The average Bonchev–Trinajstić information content (AvgIpc) is 2.40. The molecule has 0 amide bonds. The summed E-state index contributed by atoms with van der Waals surface area (Å²) in [6, 6.07) is 2.80. The van der Waals surface area contributed by atoms with Crippen LogP contribution in [0.2, 0.25) is 0 Å². The number of hydrogen-bond donors (Lipinski definition) is 1. The van der Waals surface area contributed by atoms with Crippen molar-refractivity contribution in [1.29, 1.82) is 0 Å². The highest BCUT2D eigenvalue weighted by Gasteiger charge is 2.25. The lowest BCUT2D eigenvalue weighted by Crippen LogP contribution is -2.16. The van der Waals surface area contributed by atoms with Crippen molar-refractivity contribution in [3.05, 3.63) is 41.5 Å². The first-order valence-corrected chi connectivity index (χ1v) is 5.80. The van der Waals surface area contributed by atoms with Gasteiger partial charge < -0.3 is 14.6 Å². The molecule has 0 aliphatic heterocycles. The summed E-state index contributed by atoms with van der Waals surface area (Å²) in [7, 11) is 0. The summed E-state index contributed by atoms with van der Waals surface area (Å²) in [6.45, 7) is 6.50. The van der Waals surface area contributed by atoms with Gasteiger partial charge in [0, 0.05) is 6.08 Å². The third-order valence-electron chi connectivity index (χ3n) is 2.43. The van der Waals surface area contributed by atoms with E-state index in [-0.39, 0.29) is 17.9 Å². The Balaban J connectivity index is 3.44. The molecule has 0 spiro atoms. The molecule has 20 heavy (non-hydrogen) atoms. The fourth-order valence-corrected chi connectivity index (χ4v) is 1.55. The number of hydrogen-bond acceptors (Lipinski definition) is 5. The normalized spacial score (nSPS) is 9.70. The molecule has 1 aromatic carbocycles. The molecule has 6 heteroatoms. The Morgan fingerprint density at radius 1 is 1.35 bits per heavy atom. The van der Waals surface area contributed by atoms with Crippen LogP contribution in [0.5, 0.6) is 5.75 Å². The van der Waals surface area contributed by atoms with Crippen molar-refractivity contribution in [2.24, 2.45) is 0 Å². The van der Waals surface area contributed by atoms with Crippen LogP contribution in [0, 0.1) is 6.92 Å². The van der Waals surface area contributed by atoms with Gasteiger partial charge in [0.1, 0.15) is 11.3 Å². The molecule has 0 unspecified atom stereocenters. The molecule has 0 saturated heterocycles. The number of rotatable bonds is 5. The van der Waals surface area contributed by atoms with E-state index < -0.39 is 23.5 Å². The Morgan fingerprint density at radius 3 is 2.50 bits per heavy atom. The summed E-state index contributed by atoms with van der Waals surface area (Å²) in [5.74, 6) is -3.17. The Labute approximate surface area is 115 Å². The highest BCUT2D eigenvalue weighted by molar-refractivity contribution is 6.05. The monoisotopic (exact) mass is 278 g/mol. The van der Waals surface area contributed by atoms with E-state index in [0.29, 0.717) is 5.56 Å². The molecular weight excluding hydrogens is 264 g/mol. The summed E-state index contributed by atoms with van der Waals surface area (Å²) in [6.07, 6.45) is 0.905. The highest BCUT2D eigenvalue weighted by Crippen LogP contribution is 2.28. The molecule has 0 bridgehead atoms. The first-order valence-electron chi connectivity index (χ1n) is 5.80. The second kappa shape index (κ2) is 6.51. The fraction of sp³-hybridized carbons (Fsp3) is 0.214. The number of carbonyl (C=O) groups excluding carboxylic acids is 2. The van der Waals surface area contributed by atoms with Crippen LogP contribution in [-0.2, 0) is 9.53 Å². The Hall–Kier alpha value is -2.63. The zero-order valence-electron chi connectivity index (χ0n) is 11.1. The minimum Gasteiger partial charge on any atom is -0.478 e. The number of aryl methyl sites for hydroxylation is 1. The van der Waals surface area contributed by atoms with E-state index in [1.54, 1.807) is 13.8 Å². The molecule has 1 aromatic rings. The second-order valence-corrected chi connectivity index (χ2v) is 3.78. The summed E-state index contributed by atoms with van der Waals surface area (Å²) in [5, 5.41) is 9.25. The van der Waals surface area contributed by atoms with Crippen LogP contribution < -0.4 is 4.74 Å². The standard InChI is InChI=1S/C14H14O6/c1-4-10(15)20-12-8(3)6-7-9(11(12)13(16)17)14(18)19-5-2/h4,6-7H,1,5H2,2-3H3,(H,16,17). The van der Waals surface area contributed by atoms with Crippen LogP contribution in [0.4, 0.5) is 0 Å². The maximum Gasteiger partial charge on any atom is 0.340 e. The van der Waals surface area contributed by atoms with E-state index in [2.05, 4.69) is 6.58 Å². The summed E-state index contributed by atoms with van der Waals surface area (Å²) < 4.78 is 9.69. The van der Waals surface area contributed by atoms with Gasteiger partial charge in [-0.15, -0.1) is 0 Å². The van der Waals surface area contributed by atoms with E-state index in [4.69, 9.17) is 9.47 Å². The van der Waals surface area contributed by atoms with Gasteiger partial charge in [0.2, 0.25) is 0 Å². The Morgan fingerprint density at radius 2 is 2.00 bits per heavy atom. The predicted octanol–water partition coefficient (Wildman–Crippen LogP) is 1.96. The Bertz CT molecular complexity index is 573. The van der Waals surface area contributed by atoms with Gasteiger partial charge in [-0.3, -0.25) is 0 Å². The number of benzene rings is 1. The third-order valence-corrected chi connectivity index (χ3v) is 2.43. The van der Waals surface area contributed by atoms with Crippen LogP contribution >= 0.6 is 0 Å². The maximum absolute atomic E-state index is 11.7. The van der Waals surface area contributed by atoms with Crippen molar-refractivity contribution in [3.8, 4) is 5.75 Å². The minimum atomic E-state index is -1.39. The molecule has 106 valence electrons. The van der Waals surface area contributed by atoms with Gasteiger partial charge in [-0.2, -0.15) is 0 Å². The van der Waals surface area contributed by atoms with Gasteiger partial charge in [-0.05, 0) is 25.5 Å². The summed E-state index contributed by atoms with van der Waals surface area (Å²) >= 11 is 0. The van der Waals surface area contributed by atoms with Crippen molar-refractivity contribution < 1.29 is 29.0 Å². The molecule has 6 nitrogen and oxygen atoms in total. The fourth-order valence-electron chi connectivity index (χ4n) is 1.55. The van der Waals surface area contributed by atoms with Crippen LogP contribution in [0.25, 0.3) is 0 Å². The van der Waals surface area contributed by atoms with Gasteiger partial charge in [-0.25, -0.2) is 14.4 Å². The van der Waals surface area contributed by atoms with Crippen LogP contribution in [0.1, 0.15) is 33.2 Å². The number of esters is 2. The van der Waals surface area contributed by atoms with Crippen molar-refractivity contribution in [1.82, 2.24) is 0 Å². The molecule has 1 rings (SSSR count). The van der Waals surface area contributed by atoms with Crippen molar-refractivity contribution in [2.45, 2.75) is 13.8 Å². The van der Waals surface area contributed by atoms with Crippen LogP contribution in [0.15, 0.2) is 24.8 Å². The van der Waals surface area contributed by atoms with Crippen molar-refractivity contribution in [3.63, 3.8) is 0 Å². The second-order valence-electron chi connectivity index (χ2n) is 3.78. The molecule has 0 atom stereocenters. The zero-order chi connectivity index (χ0) is 15.3. The van der Waals surface area contributed by atoms with Gasteiger partial charge in [0.15, 0.2) is 0 Å². The molecular formula is C14H14O6. The van der Waals surface area contributed by atoms with Gasteiger partial charge in [-0.1, -0.05) is 12.6 Å². The molecule has 0 radical (unpaired) electrons. The van der Waals surface area contributed by atoms with Gasteiger partial charge in [0.05, 0.1) is 12.2 Å². The molecule has 0 aromatic heterocycles. The number of carbonyl (C=O) groups is 3. The number of carboxylic acid groups (broad SMARTS) is 1. The number of aromatic carboxylic acids is 1. The minimum absolute atomic E-state index is 0.105. The molecule has 0 fully saturated rings. The lowest BCUT2D eigenvalue weighted by Gasteiger charge is -2.12. The van der Waals surface area contributed by atoms with Crippen LogP contribution in [-0.4, -0.2) is 29.6 Å². The molecule has 0 aliphatic rings. The molecule has 0 aliphatic carbocycles. The average molecular weight is 278 g/mol. The zero-order valence-corrected chi connectivity index (χ0v) is 11.1. The van der Waals surface area contributed by atoms with E-state index in [1.807, 2.05) is 0 Å². The maximum atomic E-state index is 11.7. The summed E-state index contributed by atoms with van der Waals surface area (Å²) in [5.41, 5.74) is -0.166. The number of ether oxygens (including phenoxy) is 2. The van der Waals surface area contributed by atoms with Crippen molar-refractivity contribution in [2.75, 3.05) is 6.61 Å².